The van der Waals surface area contributed by atoms with Gasteiger partial charge in [-0.25, -0.2) is 0 Å². The number of carbonyl (C=O) groups is 2. The van der Waals surface area contributed by atoms with Crippen molar-refractivity contribution in [2.45, 2.75) is 117 Å². The van der Waals surface area contributed by atoms with Crippen LogP contribution in [0.15, 0.2) is 11.1 Å². The summed E-state index contributed by atoms with van der Waals surface area (Å²) in [6.07, 6.45) is 11.7. The lowest BCUT2D eigenvalue weighted by Crippen LogP contribution is -2.53. The van der Waals surface area contributed by atoms with Crippen LogP contribution < -0.4 is 5.32 Å². The minimum absolute atomic E-state index is 0.0407. The zero-order valence-corrected chi connectivity index (χ0v) is 24.0. The van der Waals surface area contributed by atoms with Gasteiger partial charge in [-0.05, 0) is 93.3 Å². The third-order valence-electron chi connectivity index (χ3n) is 12.4. The van der Waals surface area contributed by atoms with Crippen molar-refractivity contribution >= 4 is 11.7 Å². The molecule has 5 nitrogen and oxygen atoms in total. The van der Waals surface area contributed by atoms with Crippen LogP contribution >= 0.6 is 0 Å². The molecule has 37 heavy (non-hydrogen) atoms. The quantitative estimate of drug-likeness (QED) is 0.507. The number of carbonyl (C=O) groups excluding carboxylic acids is 2. The number of allylic oxidation sites excluding steroid dienone is 1. The molecular weight excluding hydrogens is 460 g/mol. The molecule has 0 aromatic rings. The van der Waals surface area contributed by atoms with E-state index in [1.165, 1.54) is 32.1 Å². The number of hydrogen-bond acceptors (Lipinski definition) is 4. The van der Waals surface area contributed by atoms with E-state index in [1.54, 1.807) is 18.1 Å². The first kappa shape index (κ1) is 26.0. The Morgan fingerprint density at radius 2 is 1.97 bits per heavy atom. The molecule has 1 amide bonds. The minimum Gasteiger partial charge on any atom is -0.369 e. The van der Waals surface area contributed by atoms with E-state index < -0.39 is 0 Å². The van der Waals surface area contributed by atoms with Gasteiger partial charge in [0, 0.05) is 51.4 Å². The van der Waals surface area contributed by atoms with Gasteiger partial charge in [-0.2, -0.15) is 0 Å². The van der Waals surface area contributed by atoms with Crippen LogP contribution in [0.25, 0.3) is 0 Å². The maximum absolute atomic E-state index is 12.3. The van der Waals surface area contributed by atoms with Crippen molar-refractivity contribution in [1.29, 1.82) is 0 Å². The molecule has 0 bridgehead atoms. The first-order valence-corrected chi connectivity index (χ1v) is 15.5. The maximum atomic E-state index is 12.3. The van der Waals surface area contributed by atoms with Gasteiger partial charge in [-0.3, -0.25) is 14.5 Å². The lowest BCUT2D eigenvalue weighted by Gasteiger charge is -2.52. The Balaban J connectivity index is 1.23. The minimum atomic E-state index is -0.0407. The van der Waals surface area contributed by atoms with Gasteiger partial charge < -0.3 is 10.1 Å². The second-order valence-electron chi connectivity index (χ2n) is 14.4. The van der Waals surface area contributed by atoms with E-state index in [2.05, 4.69) is 37.9 Å². The summed E-state index contributed by atoms with van der Waals surface area (Å²) in [6.45, 7) is 14.2. The number of amides is 1. The van der Waals surface area contributed by atoms with E-state index in [0.717, 1.165) is 69.5 Å². The van der Waals surface area contributed by atoms with Gasteiger partial charge in [0.15, 0.2) is 0 Å². The zero-order valence-electron chi connectivity index (χ0n) is 24.0. The summed E-state index contributed by atoms with van der Waals surface area (Å²) < 4.78 is 7.20. The number of fused-ring (bicyclic) bond motifs is 6. The topological polar surface area (TPSA) is 58.6 Å². The fourth-order valence-corrected chi connectivity index (χ4v) is 10.6. The van der Waals surface area contributed by atoms with Gasteiger partial charge in [-0.15, -0.1) is 0 Å². The van der Waals surface area contributed by atoms with Gasteiger partial charge in [-0.1, -0.05) is 31.9 Å². The molecule has 4 aliphatic carbocycles. The number of rotatable bonds is 3. The molecule has 1 spiro atoms. The number of ketones is 1. The molecule has 10 atom stereocenters. The molecule has 0 aromatic carbocycles. The average Bonchev–Trinajstić information content (AvgIpc) is 3.29. The van der Waals surface area contributed by atoms with Gasteiger partial charge >= 0.3 is 0 Å². The van der Waals surface area contributed by atoms with Gasteiger partial charge in [0.05, 0.1) is 11.7 Å². The molecule has 3 saturated carbocycles. The highest BCUT2D eigenvalue weighted by Gasteiger charge is 2.60. The monoisotopic (exact) mass is 510 g/mol. The summed E-state index contributed by atoms with van der Waals surface area (Å²) in [7, 11) is 0. The van der Waals surface area contributed by atoms with E-state index in [4.69, 9.17) is 4.74 Å². The molecule has 2 saturated heterocycles. The van der Waals surface area contributed by atoms with Crippen molar-refractivity contribution < 1.29 is 14.3 Å². The Kier molecular flexibility index (Phi) is 6.66. The summed E-state index contributed by atoms with van der Waals surface area (Å²) >= 11 is 0. The van der Waals surface area contributed by atoms with Crippen LogP contribution in [0.1, 0.15) is 98.8 Å². The smallest absolute Gasteiger partial charge is 0.216 e. The van der Waals surface area contributed by atoms with E-state index in [0.29, 0.717) is 41.1 Å². The molecule has 5 heteroatoms. The van der Waals surface area contributed by atoms with Crippen LogP contribution in [0.3, 0.4) is 0 Å². The van der Waals surface area contributed by atoms with E-state index in [9.17, 15) is 9.59 Å². The predicted molar refractivity (Wildman–Crippen MR) is 146 cm³/mol. The standard InChI is InChI=1S/C32H50N2O3/c1-19-14-29-30(34(18-19)13-12-33-22(4)35)21(3)32(37-29)11-9-25-26-7-6-23-15-24(36)8-10-31(23,5)28(26)16-27(25)20(2)17-32/h19,21,23,25-26,28-30H,6-18H2,1-5H3,(H,33,35)/t19-,21+,23+,25-,26-,28-,29+,30-,31-,32?/m0/s1. The van der Waals surface area contributed by atoms with Crippen molar-refractivity contribution in [3.63, 3.8) is 0 Å². The molecule has 1 N–H and O–H groups in total. The molecule has 6 aliphatic rings. The highest BCUT2D eigenvalue weighted by Crippen LogP contribution is 2.65. The van der Waals surface area contributed by atoms with Crippen molar-refractivity contribution in [1.82, 2.24) is 10.2 Å². The maximum Gasteiger partial charge on any atom is 0.216 e. The van der Waals surface area contributed by atoms with Gasteiger partial charge in [0.25, 0.3) is 0 Å². The molecule has 2 heterocycles. The number of piperidine rings is 1. The molecule has 6 rings (SSSR count). The normalized spacial score (nSPS) is 47.8. The Bertz CT molecular complexity index is 975. The number of likely N-dealkylation sites (tertiary alicyclic amines) is 1. The summed E-state index contributed by atoms with van der Waals surface area (Å²) in [5.74, 6) is 4.65. The number of hydrogen-bond donors (Lipinski definition) is 1. The van der Waals surface area contributed by atoms with Crippen LogP contribution in [0.2, 0.25) is 0 Å². The zero-order chi connectivity index (χ0) is 26.1. The second kappa shape index (κ2) is 9.47. The van der Waals surface area contributed by atoms with Crippen LogP contribution in [-0.4, -0.2) is 54.0 Å². The summed E-state index contributed by atoms with van der Waals surface area (Å²) in [5.41, 5.74) is 3.74. The third kappa shape index (κ3) is 4.26. The number of ether oxygens (including phenoxy) is 1. The molecular formula is C32H50N2O3. The van der Waals surface area contributed by atoms with Crippen molar-refractivity contribution in [2.24, 2.45) is 40.9 Å². The molecule has 1 unspecified atom stereocenters. The van der Waals surface area contributed by atoms with Gasteiger partial charge in [0.1, 0.15) is 5.78 Å². The predicted octanol–water partition coefficient (Wildman–Crippen LogP) is 5.53. The first-order valence-electron chi connectivity index (χ1n) is 15.5. The largest absolute Gasteiger partial charge is 0.369 e. The number of Topliss-reactive ketones (excluding diaryl/α,β-unsaturated/α-hetero) is 1. The molecule has 5 fully saturated rings. The third-order valence-corrected chi connectivity index (χ3v) is 12.4. The van der Waals surface area contributed by atoms with E-state index >= 15 is 0 Å². The lowest BCUT2D eigenvalue weighted by atomic mass is 9.52. The van der Waals surface area contributed by atoms with E-state index in [-0.39, 0.29) is 11.5 Å². The summed E-state index contributed by atoms with van der Waals surface area (Å²) in [5, 5.41) is 3.02. The molecule has 0 aromatic heterocycles. The SMILES string of the molecule is CC(=O)NCCN1C[C@@H](C)C[C@H]2OC3(CC[C@@H]4C(=C(C)C3)C[C@H]3[C@H]4CC[C@@H]4CC(=O)CC[C@@]43C)[C@H](C)[C@@H]21. The second-order valence-corrected chi connectivity index (χ2v) is 14.4. The molecule has 2 aliphatic heterocycles. The van der Waals surface area contributed by atoms with Gasteiger partial charge in [0.2, 0.25) is 5.91 Å². The Morgan fingerprint density at radius 3 is 2.76 bits per heavy atom. The highest BCUT2D eigenvalue weighted by atomic mass is 16.5. The molecule has 206 valence electrons. The lowest BCUT2D eigenvalue weighted by molar-refractivity contribution is -0.130. The Labute approximate surface area is 224 Å². The fourth-order valence-electron chi connectivity index (χ4n) is 10.6. The highest BCUT2D eigenvalue weighted by molar-refractivity contribution is 5.79. The van der Waals surface area contributed by atoms with Crippen LogP contribution in [0.5, 0.6) is 0 Å². The van der Waals surface area contributed by atoms with Crippen LogP contribution in [0, 0.1) is 40.9 Å². The summed E-state index contributed by atoms with van der Waals surface area (Å²) in [4.78, 5) is 26.4. The van der Waals surface area contributed by atoms with Crippen LogP contribution in [0.4, 0.5) is 0 Å². The summed E-state index contributed by atoms with van der Waals surface area (Å²) in [6, 6.07) is 0.461. The molecule has 0 radical (unpaired) electrons. The average molecular weight is 511 g/mol. The van der Waals surface area contributed by atoms with Crippen LogP contribution in [-0.2, 0) is 14.3 Å². The first-order chi connectivity index (χ1) is 17.6. The fraction of sp³-hybridized carbons (Fsp3) is 0.875. The van der Waals surface area contributed by atoms with Crippen molar-refractivity contribution in [3.05, 3.63) is 11.1 Å². The number of nitrogens with zero attached hydrogens (tertiary/aromatic N) is 1. The van der Waals surface area contributed by atoms with Crippen molar-refractivity contribution in [2.75, 3.05) is 19.6 Å². The Morgan fingerprint density at radius 1 is 1.16 bits per heavy atom. The van der Waals surface area contributed by atoms with E-state index in [1.807, 2.05) is 0 Å². The Hall–Kier alpha value is -1.20. The van der Waals surface area contributed by atoms with Crippen molar-refractivity contribution in [3.8, 4) is 0 Å². The number of nitrogens with one attached hydrogen (secondary N) is 1.